The summed E-state index contributed by atoms with van der Waals surface area (Å²) in [7, 11) is 1.82. The fourth-order valence-electron chi connectivity index (χ4n) is 0. The summed E-state index contributed by atoms with van der Waals surface area (Å²) in [6, 6.07) is 0.509. The molecule has 0 aliphatic rings. The Labute approximate surface area is 33.4 Å². The van der Waals surface area contributed by atoms with Gasteiger partial charge in [0.25, 0.3) is 0 Å². The molecule has 0 heterocycles. The molecule has 0 saturated carbocycles. The Balaban J connectivity index is 2.54. The number of hydrogen-bond acceptors (Lipinski definition) is 0. The standard InChI is InChI=1S/C4H10N/c1-4(2)5-3/h4H,1-3H3/q-1. The molecule has 0 aliphatic carbocycles. The lowest BCUT2D eigenvalue weighted by atomic mass is 10.4. The molecule has 32 valence electrons. The monoisotopic (exact) mass is 72.1 g/mol. The van der Waals surface area contributed by atoms with Crippen molar-refractivity contribution in [2.24, 2.45) is 0 Å². The van der Waals surface area contributed by atoms with E-state index in [1.54, 1.807) is 0 Å². The van der Waals surface area contributed by atoms with E-state index in [-0.39, 0.29) is 0 Å². The lowest BCUT2D eigenvalue weighted by Crippen LogP contribution is -1.85. The van der Waals surface area contributed by atoms with Crippen molar-refractivity contribution in [2.45, 2.75) is 19.9 Å². The number of rotatable bonds is 1. The van der Waals surface area contributed by atoms with E-state index in [0.29, 0.717) is 6.04 Å². The highest BCUT2D eigenvalue weighted by Crippen LogP contribution is 1.87. The van der Waals surface area contributed by atoms with Crippen LogP contribution in [-0.4, -0.2) is 13.1 Å². The summed E-state index contributed by atoms with van der Waals surface area (Å²) in [6.07, 6.45) is 0. The van der Waals surface area contributed by atoms with Crippen LogP contribution in [0.3, 0.4) is 0 Å². The summed E-state index contributed by atoms with van der Waals surface area (Å²) in [5, 5.41) is 3.89. The minimum absolute atomic E-state index is 0.509. The molecule has 0 aromatic rings. The van der Waals surface area contributed by atoms with Gasteiger partial charge < -0.3 is 5.32 Å². The highest BCUT2D eigenvalue weighted by molar-refractivity contribution is 4.75. The molecule has 0 unspecified atom stereocenters. The van der Waals surface area contributed by atoms with Gasteiger partial charge in [-0.3, -0.25) is 0 Å². The van der Waals surface area contributed by atoms with Crippen molar-refractivity contribution in [3.05, 3.63) is 5.32 Å². The average Bonchev–Trinajstić information content (AvgIpc) is 1.38. The smallest absolute Gasteiger partial charge is 0.0818 e. The maximum atomic E-state index is 3.89. The Kier molecular flexibility index (Phi) is 2.19. The summed E-state index contributed by atoms with van der Waals surface area (Å²) in [6.45, 7) is 4.11. The van der Waals surface area contributed by atoms with E-state index in [1.165, 1.54) is 0 Å². The summed E-state index contributed by atoms with van der Waals surface area (Å²) in [5.41, 5.74) is 0. The Morgan fingerprint density at radius 2 is 1.60 bits per heavy atom. The minimum atomic E-state index is 0.509. The van der Waals surface area contributed by atoms with Gasteiger partial charge >= 0.3 is 0 Å². The van der Waals surface area contributed by atoms with E-state index >= 15 is 0 Å². The van der Waals surface area contributed by atoms with E-state index in [9.17, 15) is 0 Å². The van der Waals surface area contributed by atoms with Crippen LogP contribution in [0.4, 0.5) is 0 Å². The summed E-state index contributed by atoms with van der Waals surface area (Å²) in [4.78, 5) is 0. The first-order chi connectivity index (χ1) is 2.27. The molecule has 0 saturated heterocycles. The van der Waals surface area contributed by atoms with Crippen molar-refractivity contribution in [1.82, 2.24) is 0 Å². The summed E-state index contributed by atoms with van der Waals surface area (Å²) in [5.74, 6) is 0. The van der Waals surface area contributed by atoms with E-state index in [4.69, 9.17) is 0 Å². The van der Waals surface area contributed by atoms with E-state index in [0.717, 1.165) is 0 Å². The molecular formula is C4H10N-. The molecular weight excluding hydrogens is 62.1 g/mol. The molecule has 0 bridgehead atoms. The molecule has 1 nitrogen and oxygen atoms in total. The first-order valence-corrected chi connectivity index (χ1v) is 1.86. The quantitative estimate of drug-likeness (QED) is 0.444. The highest BCUT2D eigenvalue weighted by atomic mass is 14.8. The molecule has 0 amide bonds. The van der Waals surface area contributed by atoms with Gasteiger partial charge in [0.1, 0.15) is 0 Å². The summed E-state index contributed by atoms with van der Waals surface area (Å²) < 4.78 is 0. The average molecular weight is 72.1 g/mol. The molecule has 0 aliphatic heterocycles. The fraction of sp³-hybridized carbons (Fsp3) is 1.00. The predicted molar refractivity (Wildman–Crippen MR) is 24.4 cm³/mol. The van der Waals surface area contributed by atoms with Crippen molar-refractivity contribution in [3.63, 3.8) is 0 Å². The topological polar surface area (TPSA) is 14.1 Å². The third-order valence-electron chi connectivity index (χ3n) is 0.516. The van der Waals surface area contributed by atoms with Crippen molar-refractivity contribution >= 4 is 0 Å². The van der Waals surface area contributed by atoms with Gasteiger partial charge in [-0.05, 0) is 0 Å². The van der Waals surface area contributed by atoms with E-state index in [2.05, 4.69) is 19.2 Å². The van der Waals surface area contributed by atoms with Crippen LogP contribution < -0.4 is 0 Å². The molecule has 0 fully saturated rings. The van der Waals surface area contributed by atoms with Crippen molar-refractivity contribution < 1.29 is 0 Å². The Morgan fingerprint density at radius 3 is 1.60 bits per heavy atom. The Morgan fingerprint density at radius 1 is 1.40 bits per heavy atom. The molecule has 0 atom stereocenters. The van der Waals surface area contributed by atoms with Crippen LogP contribution in [0.1, 0.15) is 13.8 Å². The molecule has 5 heavy (non-hydrogen) atoms. The molecule has 0 radical (unpaired) electrons. The molecule has 0 N–H and O–H groups in total. The SMILES string of the molecule is C[N-]C(C)C. The Hall–Kier alpha value is -0.0400. The lowest BCUT2D eigenvalue weighted by Gasteiger charge is -2.14. The maximum Gasteiger partial charge on any atom is -0.0818 e. The predicted octanol–water partition coefficient (Wildman–Crippen LogP) is 1.40. The van der Waals surface area contributed by atoms with Gasteiger partial charge in [0.05, 0.1) is 0 Å². The number of nitrogens with zero attached hydrogens (tertiary/aromatic N) is 1. The summed E-state index contributed by atoms with van der Waals surface area (Å²) >= 11 is 0. The first-order valence-electron chi connectivity index (χ1n) is 1.86. The van der Waals surface area contributed by atoms with Crippen LogP contribution in [0.25, 0.3) is 5.32 Å². The Bertz CT molecular complexity index is 17.6. The van der Waals surface area contributed by atoms with Gasteiger partial charge in [0, 0.05) is 0 Å². The van der Waals surface area contributed by atoms with Gasteiger partial charge in [0.15, 0.2) is 0 Å². The first kappa shape index (κ1) is 4.96. The zero-order valence-corrected chi connectivity index (χ0v) is 4.02. The van der Waals surface area contributed by atoms with Gasteiger partial charge in [-0.1, -0.05) is 13.8 Å². The third-order valence-corrected chi connectivity index (χ3v) is 0.516. The highest BCUT2D eigenvalue weighted by Gasteiger charge is 1.62. The van der Waals surface area contributed by atoms with Crippen LogP contribution in [0, 0.1) is 0 Å². The lowest BCUT2D eigenvalue weighted by molar-refractivity contribution is 0.930. The van der Waals surface area contributed by atoms with Gasteiger partial charge in [-0.2, -0.15) is 7.05 Å². The van der Waals surface area contributed by atoms with Crippen LogP contribution in [-0.2, 0) is 0 Å². The molecule has 0 spiro atoms. The normalized spacial score (nSPS) is 9.60. The van der Waals surface area contributed by atoms with Gasteiger partial charge in [-0.15, -0.1) is 6.04 Å². The van der Waals surface area contributed by atoms with Crippen LogP contribution >= 0.6 is 0 Å². The van der Waals surface area contributed by atoms with Crippen LogP contribution in [0.2, 0.25) is 0 Å². The second-order valence-electron chi connectivity index (χ2n) is 1.35. The molecule has 0 aromatic heterocycles. The maximum absolute atomic E-state index is 3.89. The third kappa shape index (κ3) is 3.96. The van der Waals surface area contributed by atoms with Crippen molar-refractivity contribution in [3.8, 4) is 0 Å². The van der Waals surface area contributed by atoms with Crippen LogP contribution in [0.15, 0.2) is 0 Å². The van der Waals surface area contributed by atoms with Crippen LogP contribution in [0.5, 0.6) is 0 Å². The van der Waals surface area contributed by atoms with Gasteiger partial charge in [-0.25, -0.2) is 0 Å². The largest absolute Gasteiger partial charge is 0.663 e. The molecule has 0 rings (SSSR count). The second-order valence-corrected chi connectivity index (χ2v) is 1.35. The van der Waals surface area contributed by atoms with Gasteiger partial charge in [0.2, 0.25) is 0 Å². The van der Waals surface area contributed by atoms with E-state index < -0.39 is 0 Å². The number of hydrogen-bond donors (Lipinski definition) is 0. The second kappa shape index (κ2) is 2.21. The zero-order chi connectivity index (χ0) is 4.28. The van der Waals surface area contributed by atoms with E-state index in [1.807, 2.05) is 7.05 Å². The van der Waals surface area contributed by atoms with Crippen molar-refractivity contribution in [2.75, 3.05) is 7.05 Å². The fourth-order valence-corrected chi connectivity index (χ4v) is 0. The zero-order valence-electron chi connectivity index (χ0n) is 4.02. The molecule has 1 heteroatoms. The minimum Gasteiger partial charge on any atom is -0.663 e. The molecule has 0 aromatic carbocycles. The van der Waals surface area contributed by atoms with Crippen molar-refractivity contribution in [1.29, 1.82) is 0 Å².